The molecule has 0 aliphatic heterocycles. The monoisotopic (exact) mass is 184 g/mol. The molecule has 1 aromatic carbocycles. The predicted molar refractivity (Wildman–Crippen MR) is 58.9 cm³/mol. The number of allylic oxidation sites excluding steroid dienone is 5. The molecule has 0 amide bonds. The Morgan fingerprint density at radius 1 is 1.07 bits per heavy atom. The predicted octanol–water partition coefficient (Wildman–Crippen LogP) is 3.47. The normalized spacial score (nSPS) is 18.3. The highest BCUT2D eigenvalue weighted by atomic mass is 16.3. The lowest BCUT2D eigenvalue weighted by atomic mass is 10.0. The van der Waals surface area contributed by atoms with Crippen LogP contribution in [0.4, 0.5) is 0 Å². The summed E-state index contributed by atoms with van der Waals surface area (Å²) in [6.07, 6.45) is 8.72. The van der Waals surface area contributed by atoms with E-state index in [1.54, 1.807) is 0 Å². The van der Waals surface area contributed by atoms with Gasteiger partial charge in [0.25, 0.3) is 0 Å². The van der Waals surface area contributed by atoms with Crippen LogP contribution in [0.25, 0.3) is 5.76 Å². The molecule has 1 heteroatoms. The molecule has 14 heavy (non-hydrogen) atoms. The topological polar surface area (TPSA) is 20.2 Å². The summed E-state index contributed by atoms with van der Waals surface area (Å²) in [4.78, 5) is 0. The maximum absolute atomic E-state index is 9.94. The summed E-state index contributed by atoms with van der Waals surface area (Å²) in [5.41, 5.74) is 1.85. The average molecular weight is 184 g/mol. The van der Waals surface area contributed by atoms with Crippen LogP contribution in [-0.4, -0.2) is 5.11 Å². The van der Waals surface area contributed by atoms with Gasteiger partial charge in [0.2, 0.25) is 0 Å². The number of aliphatic hydroxyl groups excluding tert-OH is 1. The van der Waals surface area contributed by atoms with Gasteiger partial charge in [-0.05, 0) is 12.0 Å². The van der Waals surface area contributed by atoms with Crippen LogP contribution in [0.3, 0.4) is 0 Å². The molecule has 1 N–H and O–H groups in total. The molecule has 0 heterocycles. The molecule has 1 aromatic rings. The van der Waals surface area contributed by atoms with Crippen molar-refractivity contribution in [1.82, 2.24) is 0 Å². The summed E-state index contributed by atoms with van der Waals surface area (Å²) in [5.74, 6) is 0.381. The highest BCUT2D eigenvalue weighted by Crippen LogP contribution is 2.21. The number of hydrogen-bond acceptors (Lipinski definition) is 1. The van der Waals surface area contributed by atoms with Gasteiger partial charge in [-0.15, -0.1) is 0 Å². The van der Waals surface area contributed by atoms with Gasteiger partial charge in [0.1, 0.15) is 5.76 Å². The fourth-order valence-electron chi connectivity index (χ4n) is 1.47. The van der Waals surface area contributed by atoms with E-state index in [0.717, 1.165) is 17.6 Å². The van der Waals surface area contributed by atoms with Crippen molar-refractivity contribution < 1.29 is 5.11 Å². The first-order valence-electron chi connectivity index (χ1n) is 4.68. The zero-order chi connectivity index (χ0) is 9.80. The van der Waals surface area contributed by atoms with Crippen molar-refractivity contribution in [3.05, 3.63) is 65.8 Å². The molecule has 0 saturated heterocycles. The highest BCUT2D eigenvalue weighted by Gasteiger charge is 2.04. The number of hydrogen-bond donors (Lipinski definition) is 1. The Labute approximate surface area is 83.7 Å². The van der Waals surface area contributed by atoms with E-state index in [9.17, 15) is 5.11 Å². The largest absolute Gasteiger partial charge is 0.507 e. The molecule has 0 aromatic heterocycles. The zero-order valence-corrected chi connectivity index (χ0v) is 7.85. The molecule has 1 aliphatic rings. The number of aliphatic hydroxyl groups is 1. The molecular formula is C13H12O. The summed E-state index contributed by atoms with van der Waals surface area (Å²) in [6, 6.07) is 9.62. The van der Waals surface area contributed by atoms with Crippen molar-refractivity contribution in [2.24, 2.45) is 0 Å². The Morgan fingerprint density at radius 3 is 2.50 bits per heavy atom. The molecule has 0 bridgehead atoms. The van der Waals surface area contributed by atoms with E-state index in [1.165, 1.54) is 0 Å². The summed E-state index contributed by atoms with van der Waals surface area (Å²) in [5, 5.41) is 9.94. The van der Waals surface area contributed by atoms with Crippen LogP contribution in [0.1, 0.15) is 12.0 Å². The van der Waals surface area contributed by atoms with Crippen LogP contribution in [0.15, 0.2) is 60.2 Å². The Balaban J connectivity index is 2.36. The highest BCUT2D eigenvalue weighted by molar-refractivity contribution is 5.65. The third kappa shape index (κ3) is 1.77. The zero-order valence-electron chi connectivity index (χ0n) is 7.85. The molecule has 0 spiro atoms. The van der Waals surface area contributed by atoms with Crippen molar-refractivity contribution in [1.29, 1.82) is 0 Å². The van der Waals surface area contributed by atoms with Gasteiger partial charge in [0.05, 0.1) is 0 Å². The van der Waals surface area contributed by atoms with E-state index >= 15 is 0 Å². The van der Waals surface area contributed by atoms with Gasteiger partial charge in [-0.3, -0.25) is 0 Å². The van der Waals surface area contributed by atoms with Crippen LogP contribution in [0, 0.1) is 0 Å². The van der Waals surface area contributed by atoms with Crippen molar-refractivity contribution in [3.8, 4) is 0 Å². The molecule has 0 fully saturated rings. The molecule has 2 rings (SSSR count). The third-order valence-electron chi connectivity index (χ3n) is 2.23. The second kappa shape index (κ2) is 3.97. The summed E-state index contributed by atoms with van der Waals surface area (Å²) in [6.45, 7) is 0. The minimum Gasteiger partial charge on any atom is -0.507 e. The fourth-order valence-corrected chi connectivity index (χ4v) is 1.47. The summed E-state index contributed by atoms with van der Waals surface area (Å²) < 4.78 is 0. The van der Waals surface area contributed by atoms with E-state index in [2.05, 4.69) is 0 Å². The average Bonchev–Trinajstić information content (AvgIpc) is 2.30. The lowest BCUT2D eigenvalue weighted by Crippen LogP contribution is -1.90. The maximum Gasteiger partial charge on any atom is 0.126 e. The van der Waals surface area contributed by atoms with Gasteiger partial charge in [0.15, 0.2) is 0 Å². The molecule has 0 saturated carbocycles. The van der Waals surface area contributed by atoms with Gasteiger partial charge >= 0.3 is 0 Å². The molecular weight excluding hydrogens is 172 g/mol. The van der Waals surface area contributed by atoms with Crippen molar-refractivity contribution in [2.75, 3.05) is 0 Å². The standard InChI is InChI=1S/C13H12O/c14-13(11-7-3-1-4-8-11)12-9-5-2-6-10-12/h1-9,14H,10H2/b13-12+. The van der Waals surface area contributed by atoms with Crippen LogP contribution in [0.5, 0.6) is 0 Å². The van der Waals surface area contributed by atoms with Crippen molar-refractivity contribution >= 4 is 5.76 Å². The number of rotatable bonds is 1. The minimum absolute atomic E-state index is 0.381. The maximum atomic E-state index is 9.94. The molecule has 0 atom stereocenters. The molecule has 0 unspecified atom stereocenters. The van der Waals surface area contributed by atoms with Crippen LogP contribution in [-0.2, 0) is 0 Å². The third-order valence-corrected chi connectivity index (χ3v) is 2.23. The quantitative estimate of drug-likeness (QED) is 0.662. The van der Waals surface area contributed by atoms with E-state index in [4.69, 9.17) is 0 Å². The van der Waals surface area contributed by atoms with Gasteiger partial charge in [-0.2, -0.15) is 0 Å². The lowest BCUT2D eigenvalue weighted by molar-refractivity contribution is 0.507. The fraction of sp³-hybridized carbons (Fsp3) is 0.0769. The summed E-state index contributed by atoms with van der Waals surface area (Å²) in [7, 11) is 0. The Hall–Kier alpha value is -1.76. The first-order chi connectivity index (χ1) is 6.88. The van der Waals surface area contributed by atoms with Gasteiger partial charge < -0.3 is 5.11 Å². The van der Waals surface area contributed by atoms with Crippen molar-refractivity contribution in [2.45, 2.75) is 6.42 Å². The molecule has 1 nitrogen and oxygen atoms in total. The van der Waals surface area contributed by atoms with E-state index in [-0.39, 0.29) is 0 Å². The van der Waals surface area contributed by atoms with Crippen molar-refractivity contribution in [3.63, 3.8) is 0 Å². The summed E-state index contributed by atoms with van der Waals surface area (Å²) >= 11 is 0. The van der Waals surface area contributed by atoms with Gasteiger partial charge in [0, 0.05) is 5.56 Å². The first kappa shape index (κ1) is 8.82. The smallest absolute Gasteiger partial charge is 0.126 e. The van der Waals surface area contributed by atoms with E-state index < -0.39 is 0 Å². The molecule has 0 radical (unpaired) electrons. The van der Waals surface area contributed by atoms with Crippen LogP contribution in [0.2, 0.25) is 0 Å². The minimum atomic E-state index is 0.381. The Morgan fingerprint density at radius 2 is 1.86 bits per heavy atom. The van der Waals surface area contributed by atoms with Crippen LogP contribution >= 0.6 is 0 Å². The second-order valence-corrected chi connectivity index (χ2v) is 3.23. The van der Waals surface area contributed by atoms with E-state index in [1.807, 2.05) is 54.6 Å². The number of benzene rings is 1. The van der Waals surface area contributed by atoms with E-state index in [0.29, 0.717) is 5.76 Å². The molecule has 70 valence electrons. The molecule has 1 aliphatic carbocycles. The van der Waals surface area contributed by atoms with Crippen LogP contribution < -0.4 is 0 Å². The van der Waals surface area contributed by atoms with Gasteiger partial charge in [-0.25, -0.2) is 0 Å². The second-order valence-electron chi connectivity index (χ2n) is 3.23. The Bertz CT molecular complexity index is 397. The SMILES string of the molecule is O/C(=C1\C=CC=CC1)c1ccccc1. The lowest BCUT2D eigenvalue weighted by Gasteiger charge is -2.07. The Kier molecular flexibility index (Phi) is 2.50. The first-order valence-corrected chi connectivity index (χ1v) is 4.68. The van der Waals surface area contributed by atoms with Gasteiger partial charge in [-0.1, -0.05) is 54.6 Å².